The van der Waals surface area contributed by atoms with E-state index in [1.54, 1.807) is 24.3 Å². The number of amides is 2. The monoisotopic (exact) mass is 306 g/mol. The Balaban J connectivity index is 1.95. The van der Waals surface area contributed by atoms with Gasteiger partial charge in [0.25, 0.3) is 0 Å². The molecule has 22 heavy (non-hydrogen) atoms. The number of nitrogens with one attached hydrogen (secondary N) is 2. The van der Waals surface area contributed by atoms with Crippen LogP contribution in [-0.4, -0.2) is 12.1 Å². The summed E-state index contributed by atoms with van der Waals surface area (Å²) in [4.78, 5) is 11.8. The Labute approximate surface area is 127 Å². The van der Waals surface area contributed by atoms with Gasteiger partial charge >= 0.3 is 6.03 Å². The molecule has 0 aliphatic rings. The lowest BCUT2D eigenvalue weighted by molar-refractivity contribution is 0.242. The quantitative estimate of drug-likeness (QED) is 0.880. The van der Waals surface area contributed by atoms with Gasteiger partial charge < -0.3 is 15.4 Å². The van der Waals surface area contributed by atoms with Crippen LogP contribution in [0.25, 0.3) is 0 Å². The highest BCUT2D eigenvalue weighted by atomic mass is 19.2. The first-order valence-corrected chi connectivity index (χ1v) is 6.74. The average molecular weight is 306 g/mol. The fourth-order valence-electron chi connectivity index (χ4n) is 1.76. The van der Waals surface area contributed by atoms with E-state index in [2.05, 4.69) is 10.6 Å². The summed E-state index contributed by atoms with van der Waals surface area (Å²) in [5, 5.41) is 5.00. The molecule has 0 bridgehead atoms. The average Bonchev–Trinajstić information content (AvgIpc) is 2.44. The molecule has 0 aliphatic heterocycles. The van der Waals surface area contributed by atoms with Crippen LogP contribution in [0.4, 0.5) is 25.0 Å². The van der Waals surface area contributed by atoms with Crippen LogP contribution in [0.3, 0.4) is 0 Å². The highest BCUT2D eigenvalue weighted by Gasteiger charge is 2.06. The smallest absolute Gasteiger partial charge is 0.323 e. The predicted molar refractivity (Wildman–Crippen MR) is 81.2 cm³/mol. The van der Waals surface area contributed by atoms with Gasteiger partial charge in [0, 0.05) is 17.4 Å². The molecule has 0 unspecified atom stereocenters. The molecule has 0 fully saturated rings. The molecule has 0 atom stereocenters. The van der Waals surface area contributed by atoms with Gasteiger partial charge in [0.2, 0.25) is 0 Å². The van der Waals surface area contributed by atoms with Crippen molar-refractivity contribution >= 4 is 17.4 Å². The van der Waals surface area contributed by atoms with Crippen LogP contribution in [0, 0.1) is 11.6 Å². The van der Waals surface area contributed by atoms with Gasteiger partial charge in [-0.15, -0.1) is 0 Å². The van der Waals surface area contributed by atoms with Crippen molar-refractivity contribution in [1.82, 2.24) is 0 Å². The number of anilines is 2. The normalized spacial score (nSPS) is 10.4. The Bertz CT molecular complexity index is 658. The molecule has 2 rings (SSSR count). The Morgan fingerprint density at radius 1 is 0.955 bits per heavy atom. The Morgan fingerprint density at radius 2 is 1.55 bits per heavy atom. The zero-order valence-corrected chi connectivity index (χ0v) is 12.2. The van der Waals surface area contributed by atoms with Crippen molar-refractivity contribution in [3.05, 3.63) is 54.1 Å². The van der Waals surface area contributed by atoms with Crippen LogP contribution < -0.4 is 15.4 Å². The van der Waals surface area contributed by atoms with E-state index in [0.717, 1.165) is 12.1 Å². The van der Waals surface area contributed by atoms with Crippen LogP contribution in [0.2, 0.25) is 0 Å². The third kappa shape index (κ3) is 4.44. The van der Waals surface area contributed by atoms with Crippen molar-refractivity contribution in [3.63, 3.8) is 0 Å². The predicted octanol–water partition coefficient (Wildman–Crippen LogP) is 4.40. The molecule has 0 saturated carbocycles. The maximum Gasteiger partial charge on any atom is 0.323 e. The van der Waals surface area contributed by atoms with Gasteiger partial charge in [0.15, 0.2) is 11.6 Å². The molecule has 6 heteroatoms. The van der Waals surface area contributed by atoms with Crippen LogP contribution in [0.5, 0.6) is 5.75 Å². The van der Waals surface area contributed by atoms with Crippen LogP contribution in [-0.2, 0) is 0 Å². The highest BCUT2D eigenvalue weighted by Crippen LogP contribution is 2.18. The topological polar surface area (TPSA) is 50.4 Å². The maximum absolute atomic E-state index is 13.0. The lowest BCUT2D eigenvalue weighted by atomic mass is 10.3. The Morgan fingerprint density at radius 3 is 2.14 bits per heavy atom. The van der Waals surface area contributed by atoms with E-state index in [-0.39, 0.29) is 11.8 Å². The van der Waals surface area contributed by atoms with Crippen LogP contribution in [0.1, 0.15) is 13.8 Å². The summed E-state index contributed by atoms with van der Waals surface area (Å²) < 4.78 is 31.3. The third-order valence-corrected chi connectivity index (χ3v) is 2.66. The maximum atomic E-state index is 13.0. The number of benzene rings is 2. The standard InChI is InChI=1S/C16H16F2N2O2/c1-10(2)22-13-6-3-11(4-7-13)19-16(21)20-12-5-8-14(17)15(18)9-12/h3-10H,1-2H3,(H2,19,20,21). The van der Waals surface area contributed by atoms with E-state index in [1.165, 1.54) is 6.07 Å². The summed E-state index contributed by atoms with van der Waals surface area (Å²) in [5.74, 6) is -1.29. The molecule has 0 spiro atoms. The molecule has 0 radical (unpaired) electrons. The van der Waals surface area contributed by atoms with E-state index < -0.39 is 17.7 Å². The number of urea groups is 1. The summed E-state index contributed by atoms with van der Waals surface area (Å²) >= 11 is 0. The van der Waals surface area contributed by atoms with Gasteiger partial charge in [-0.3, -0.25) is 0 Å². The molecule has 2 aromatic carbocycles. The molecule has 116 valence electrons. The molecule has 0 saturated heterocycles. The van der Waals surface area contributed by atoms with Crippen molar-refractivity contribution in [2.45, 2.75) is 20.0 Å². The minimum absolute atomic E-state index is 0.0653. The van der Waals surface area contributed by atoms with Crippen molar-refractivity contribution in [3.8, 4) is 5.75 Å². The van der Waals surface area contributed by atoms with Crippen molar-refractivity contribution < 1.29 is 18.3 Å². The zero-order chi connectivity index (χ0) is 16.1. The lowest BCUT2D eigenvalue weighted by Gasteiger charge is -2.11. The minimum Gasteiger partial charge on any atom is -0.491 e. The second kappa shape index (κ2) is 6.89. The Hall–Kier alpha value is -2.63. The number of halogens is 2. The van der Waals surface area contributed by atoms with Crippen LogP contribution in [0.15, 0.2) is 42.5 Å². The van der Waals surface area contributed by atoms with Crippen molar-refractivity contribution in [2.75, 3.05) is 10.6 Å². The number of hydrogen-bond acceptors (Lipinski definition) is 2. The van der Waals surface area contributed by atoms with Gasteiger partial charge in [0.05, 0.1) is 6.10 Å². The SMILES string of the molecule is CC(C)Oc1ccc(NC(=O)Nc2ccc(F)c(F)c2)cc1. The minimum atomic E-state index is -1.02. The molecule has 0 heterocycles. The van der Waals surface area contributed by atoms with Crippen LogP contribution >= 0.6 is 0 Å². The summed E-state index contributed by atoms with van der Waals surface area (Å²) in [6.07, 6.45) is 0.0653. The molecule has 0 aromatic heterocycles. The second-order valence-electron chi connectivity index (χ2n) is 4.90. The molecular weight excluding hydrogens is 290 g/mol. The number of hydrogen-bond donors (Lipinski definition) is 2. The molecule has 2 amide bonds. The Kier molecular flexibility index (Phi) is 4.93. The summed E-state index contributed by atoms with van der Waals surface area (Å²) in [6.45, 7) is 3.84. The number of carbonyl (C=O) groups excluding carboxylic acids is 1. The first-order chi connectivity index (χ1) is 10.4. The number of rotatable bonds is 4. The van der Waals surface area contributed by atoms with Gasteiger partial charge in [-0.05, 0) is 50.2 Å². The van der Waals surface area contributed by atoms with Gasteiger partial charge in [-0.25, -0.2) is 13.6 Å². The van der Waals surface area contributed by atoms with E-state index in [9.17, 15) is 13.6 Å². The molecule has 0 aliphatic carbocycles. The van der Waals surface area contributed by atoms with Gasteiger partial charge in [-0.2, -0.15) is 0 Å². The van der Waals surface area contributed by atoms with E-state index in [1.807, 2.05) is 13.8 Å². The van der Waals surface area contributed by atoms with Gasteiger partial charge in [0.1, 0.15) is 5.75 Å². The van der Waals surface area contributed by atoms with Gasteiger partial charge in [-0.1, -0.05) is 0 Å². The zero-order valence-electron chi connectivity index (χ0n) is 12.2. The largest absolute Gasteiger partial charge is 0.491 e. The fraction of sp³-hybridized carbons (Fsp3) is 0.188. The molecule has 2 N–H and O–H groups in total. The summed E-state index contributed by atoms with van der Waals surface area (Å²) in [6, 6.07) is 9.41. The second-order valence-corrected chi connectivity index (χ2v) is 4.90. The fourth-order valence-corrected chi connectivity index (χ4v) is 1.76. The summed E-state index contributed by atoms with van der Waals surface area (Å²) in [5.41, 5.74) is 0.715. The summed E-state index contributed by atoms with van der Waals surface area (Å²) in [7, 11) is 0. The number of carbonyl (C=O) groups is 1. The highest BCUT2D eigenvalue weighted by molar-refractivity contribution is 5.99. The van der Waals surface area contributed by atoms with Crippen molar-refractivity contribution in [2.24, 2.45) is 0 Å². The molecule has 4 nitrogen and oxygen atoms in total. The van der Waals surface area contributed by atoms with E-state index in [0.29, 0.717) is 11.4 Å². The first kappa shape index (κ1) is 15.8. The van der Waals surface area contributed by atoms with E-state index in [4.69, 9.17) is 4.74 Å². The number of ether oxygens (including phenoxy) is 1. The first-order valence-electron chi connectivity index (χ1n) is 6.74. The van der Waals surface area contributed by atoms with Crippen molar-refractivity contribution in [1.29, 1.82) is 0 Å². The lowest BCUT2D eigenvalue weighted by Crippen LogP contribution is -2.19. The molecular formula is C16H16F2N2O2. The van der Waals surface area contributed by atoms with E-state index >= 15 is 0 Å². The third-order valence-electron chi connectivity index (χ3n) is 2.66. The molecule has 2 aromatic rings.